The largest absolute Gasteiger partial charge is 0.283 e. The van der Waals surface area contributed by atoms with Gasteiger partial charge in [-0.05, 0) is 57.6 Å². The summed E-state index contributed by atoms with van der Waals surface area (Å²) < 4.78 is 4.51. The molecule has 0 fully saturated rings. The van der Waals surface area contributed by atoms with Crippen molar-refractivity contribution in [3.63, 3.8) is 0 Å². The first-order valence-electron chi connectivity index (χ1n) is 13.1. The first kappa shape index (κ1) is 26.7. The lowest BCUT2D eigenvalue weighted by atomic mass is 10.1. The van der Waals surface area contributed by atoms with Gasteiger partial charge in [0, 0.05) is 33.8 Å². The first-order valence-corrected chi connectivity index (χ1v) is 16.0. The van der Waals surface area contributed by atoms with Crippen LogP contribution in [0.5, 0.6) is 0 Å². The Kier molecular flexibility index (Phi) is 7.17. The molecule has 0 atom stereocenters. The number of pyridine rings is 3. The van der Waals surface area contributed by atoms with E-state index in [9.17, 15) is 9.59 Å². The maximum atomic E-state index is 12.9. The standard InChI is InChI=1S/C17H10ClNOS2.C17H11NOS/c18-13-10-12(11-4-2-1-3-5-11)17(20)19-7-9-21-14-6-8-22-16(14)15(13)19;19-16-8-4-7-14-17-13(9-10-18(14)16)11-15(20-17)12-5-2-1-3-6-12/h1-10H;1-11H. The van der Waals surface area contributed by atoms with Gasteiger partial charge in [-0.1, -0.05) is 90.1 Å². The van der Waals surface area contributed by atoms with Gasteiger partial charge >= 0.3 is 0 Å². The summed E-state index contributed by atoms with van der Waals surface area (Å²) in [5, 5.41) is 5.72. The molecule has 0 saturated heterocycles. The SMILES string of the molecule is O=c1c(-c2ccccc2)cc(Cl)c2n1C=CSc1ccsc1-2.O=c1cccc2c3sc(-c4ccccc4)cc3ccn12. The Morgan fingerprint density at radius 3 is 2.31 bits per heavy atom. The van der Waals surface area contributed by atoms with E-state index >= 15 is 0 Å². The Labute approximate surface area is 258 Å². The van der Waals surface area contributed by atoms with Gasteiger partial charge in [-0.2, -0.15) is 0 Å². The fraction of sp³-hybridized carbons (Fsp3) is 0. The monoisotopic (exact) mass is 620 g/mol. The zero-order valence-electron chi connectivity index (χ0n) is 21.9. The van der Waals surface area contributed by atoms with Gasteiger partial charge in [0.25, 0.3) is 11.1 Å². The summed E-state index contributed by atoms with van der Waals surface area (Å²) in [4.78, 5) is 28.2. The highest BCUT2D eigenvalue weighted by molar-refractivity contribution is 8.02. The van der Waals surface area contributed by atoms with E-state index in [0.717, 1.165) is 31.2 Å². The van der Waals surface area contributed by atoms with Crippen LogP contribution in [-0.2, 0) is 0 Å². The number of hydrogen-bond donors (Lipinski definition) is 0. The van der Waals surface area contributed by atoms with E-state index in [-0.39, 0.29) is 11.1 Å². The van der Waals surface area contributed by atoms with Gasteiger partial charge < -0.3 is 0 Å². The molecule has 0 bridgehead atoms. The Balaban J connectivity index is 0.000000138. The molecule has 8 rings (SSSR count). The van der Waals surface area contributed by atoms with Crippen LogP contribution in [0, 0.1) is 0 Å². The highest BCUT2D eigenvalue weighted by Crippen LogP contribution is 2.42. The predicted molar refractivity (Wildman–Crippen MR) is 180 cm³/mol. The molecule has 8 heteroatoms. The van der Waals surface area contributed by atoms with Crippen LogP contribution >= 0.6 is 46.0 Å². The molecule has 0 radical (unpaired) electrons. The van der Waals surface area contributed by atoms with Gasteiger partial charge in [-0.3, -0.25) is 18.6 Å². The summed E-state index contributed by atoms with van der Waals surface area (Å²) in [7, 11) is 0. The lowest BCUT2D eigenvalue weighted by molar-refractivity contribution is 1.07. The minimum atomic E-state index is -0.0521. The molecule has 2 aromatic carbocycles. The van der Waals surface area contributed by atoms with Gasteiger partial charge in [-0.25, -0.2) is 0 Å². The molecule has 1 aliphatic rings. The number of aromatic nitrogens is 2. The molecule has 0 spiro atoms. The van der Waals surface area contributed by atoms with Crippen LogP contribution in [0.4, 0.5) is 0 Å². The van der Waals surface area contributed by atoms with Crippen molar-refractivity contribution in [1.82, 2.24) is 8.97 Å². The molecule has 1 aliphatic heterocycles. The third kappa shape index (κ3) is 4.84. The summed E-state index contributed by atoms with van der Waals surface area (Å²) in [6.07, 6.45) is 3.65. The van der Waals surface area contributed by atoms with Gasteiger partial charge in [0.1, 0.15) is 0 Å². The van der Waals surface area contributed by atoms with Crippen molar-refractivity contribution in [2.24, 2.45) is 0 Å². The van der Waals surface area contributed by atoms with Crippen molar-refractivity contribution in [2.75, 3.05) is 0 Å². The summed E-state index contributed by atoms with van der Waals surface area (Å²) in [5.41, 5.74) is 4.41. The van der Waals surface area contributed by atoms with Crippen LogP contribution in [0.15, 0.2) is 135 Å². The van der Waals surface area contributed by atoms with Crippen LogP contribution in [-0.4, -0.2) is 8.97 Å². The number of thiophene rings is 2. The van der Waals surface area contributed by atoms with Crippen LogP contribution in [0.1, 0.15) is 0 Å². The van der Waals surface area contributed by atoms with Gasteiger partial charge in [0.2, 0.25) is 0 Å². The molecule has 5 aromatic heterocycles. The second-order valence-corrected chi connectivity index (χ2v) is 12.8. The average molecular weight is 621 g/mol. The first-order chi connectivity index (χ1) is 20.6. The molecule has 7 aromatic rings. The number of thioether (sulfide) groups is 1. The van der Waals surface area contributed by atoms with Crippen molar-refractivity contribution < 1.29 is 0 Å². The lowest BCUT2D eigenvalue weighted by Gasteiger charge is -2.12. The van der Waals surface area contributed by atoms with E-state index in [1.54, 1.807) is 61.7 Å². The lowest BCUT2D eigenvalue weighted by Crippen LogP contribution is -2.19. The predicted octanol–water partition coefficient (Wildman–Crippen LogP) is 9.61. The number of benzene rings is 2. The molecule has 0 N–H and O–H groups in total. The number of rotatable bonds is 2. The molecule has 4 nitrogen and oxygen atoms in total. The van der Waals surface area contributed by atoms with Crippen molar-refractivity contribution >= 4 is 67.8 Å². The van der Waals surface area contributed by atoms with E-state index < -0.39 is 0 Å². The fourth-order valence-corrected chi connectivity index (χ4v) is 8.41. The van der Waals surface area contributed by atoms with Crippen molar-refractivity contribution in [2.45, 2.75) is 4.90 Å². The van der Waals surface area contributed by atoms with E-state index in [2.05, 4.69) is 24.3 Å². The molecule has 0 saturated carbocycles. The quantitative estimate of drug-likeness (QED) is 0.193. The minimum absolute atomic E-state index is 0.0130. The smallest absolute Gasteiger partial charge is 0.263 e. The Bertz CT molecular complexity index is 2230. The Morgan fingerprint density at radius 1 is 0.762 bits per heavy atom. The van der Waals surface area contributed by atoms with Crippen LogP contribution < -0.4 is 11.1 Å². The number of hydrogen-bond acceptors (Lipinski definition) is 5. The highest BCUT2D eigenvalue weighted by Gasteiger charge is 2.20. The summed E-state index contributed by atoms with van der Waals surface area (Å²) in [6, 6.07) is 33.4. The number of halogens is 1. The molecule has 6 heterocycles. The molecule has 204 valence electrons. The van der Waals surface area contributed by atoms with E-state index in [4.69, 9.17) is 11.6 Å². The van der Waals surface area contributed by atoms with Crippen molar-refractivity contribution in [1.29, 1.82) is 0 Å². The number of fused-ring (bicyclic) bond motifs is 6. The van der Waals surface area contributed by atoms with Gasteiger partial charge in [-0.15, -0.1) is 22.7 Å². The number of nitrogens with zero attached hydrogens (tertiary/aromatic N) is 2. The topological polar surface area (TPSA) is 43.5 Å². The third-order valence-electron chi connectivity index (χ3n) is 6.97. The maximum absolute atomic E-state index is 12.9. The maximum Gasteiger partial charge on any atom is 0.263 e. The zero-order chi connectivity index (χ0) is 28.6. The third-order valence-corrected chi connectivity index (χ3v) is 10.4. The summed E-state index contributed by atoms with van der Waals surface area (Å²) >= 11 is 11.5. The van der Waals surface area contributed by atoms with E-state index in [1.807, 2.05) is 83.7 Å². The highest BCUT2D eigenvalue weighted by atomic mass is 35.5. The van der Waals surface area contributed by atoms with E-state index in [1.165, 1.54) is 15.8 Å². The van der Waals surface area contributed by atoms with Crippen molar-refractivity contribution in [3.05, 3.63) is 146 Å². The normalized spacial score (nSPS) is 11.9. The molecule has 0 unspecified atom stereocenters. The molecular formula is C34H21ClN2O2S3. The average Bonchev–Trinajstić information content (AvgIpc) is 3.63. The zero-order valence-corrected chi connectivity index (χ0v) is 25.1. The molecular weight excluding hydrogens is 600 g/mol. The van der Waals surface area contributed by atoms with Crippen molar-refractivity contribution in [3.8, 4) is 32.1 Å². The molecule has 42 heavy (non-hydrogen) atoms. The van der Waals surface area contributed by atoms with Gasteiger partial charge in [0.15, 0.2) is 0 Å². The van der Waals surface area contributed by atoms with Crippen LogP contribution in [0.2, 0.25) is 5.02 Å². The Morgan fingerprint density at radius 2 is 1.52 bits per heavy atom. The second-order valence-electron chi connectivity index (χ2n) is 9.51. The van der Waals surface area contributed by atoms with Crippen LogP contribution in [0.25, 0.3) is 53.9 Å². The fourth-order valence-electron chi connectivity index (χ4n) is 4.98. The van der Waals surface area contributed by atoms with Crippen LogP contribution in [0.3, 0.4) is 0 Å². The van der Waals surface area contributed by atoms with E-state index in [0.29, 0.717) is 10.6 Å². The minimum Gasteiger partial charge on any atom is -0.283 e. The summed E-state index contributed by atoms with van der Waals surface area (Å²) in [5.74, 6) is 0. The second kappa shape index (κ2) is 11.3. The Hall–Kier alpha value is -4.14. The molecule has 0 amide bonds. The summed E-state index contributed by atoms with van der Waals surface area (Å²) in [6.45, 7) is 0. The molecule has 0 aliphatic carbocycles. The van der Waals surface area contributed by atoms with Gasteiger partial charge in [0.05, 0.1) is 25.8 Å².